The Balaban J connectivity index is 0.00000208. The van der Waals surface area contributed by atoms with E-state index in [2.05, 4.69) is 28.8 Å². The van der Waals surface area contributed by atoms with Gasteiger partial charge in [-0.25, -0.2) is 0 Å². The molecule has 2 aromatic carbocycles. The highest BCUT2D eigenvalue weighted by molar-refractivity contribution is 5.94. The van der Waals surface area contributed by atoms with E-state index in [4.69, 9.17) is 4.74 Å². The fourth-order valence-corrected chi connectivity index (χ4v) is 2.97. The van der Waals surface area contributed by atoms with Crippen molar-refractivity contribution in [2.45, 2.75) is 19.4 Å². The molecular formula is C19H23ClN2O2. The second-order valence-corrected chi connectivity index (χ2v) is 5.63. The summed E-state index contributed by atoms with van der Waals surface area (Å²) in [6.07, 6.45) is 1.04. The van der Waals surface area contributed by atoms with Crippen molar-refractivity contribution in [3.63, 3.8) is 0 Å². The molecule has 1 atom stereocenters. The number of halogens is 1. The zero-order valence-corrected chi connectivity index (χ0v) is 14.6. The Morgan fingerprint density at radius 3 is 2.92 bits per heavy atom. The molecule has 0 bridgehead atoms. The summed E-state index contributed by atoms with van der Waals surface area (Å²) in [5, 5.41) is 6.50. The molecule has 0 aliphatic carbocycles. The molecule has 128 valence electrons. The van der Waals surface area contributed by atoms with Gasteiger partial charge in [0.1, 0.15) is 5.75 Å². The van der Waals surface area contributed by atoms with E-state index in [0.717, 1.165) is 18.7 Å². The molecular weight excluding hydrogens is 324 g/mol. The molecule has 0 fully saturated rings. The molecule has 1 amide bonds. The Morgan fingerprint density at radius 1 is 1.25 bits per heavy atom. The summed E-state index contributed by atoms with van der Waals surface area (Å²) in [5.74, 6) is 0.651. The van der Waals surface area contributed by atoms with Gasteiger partial charge in [0.25, 0.3) is 5.91 Å². The molecule has 0 aromatic heterocycles. The number of ether oxygens (including phenoxy) is 1. The maximum absolute atomic E-state index is 12.4. The molecule has 24 heavy (non-hydrogen) atoms. The van der Waals surface area contributed by atoms with Crippen molar-refractivity contribution in [3.05, 3.63) is 65.2 Å². The summed E-state index contributed by atoms with van der Waals surface area (Å²) in [6.45, 7) is 4.04. The molecule has 0 saturated heterocycles. The fourth-order valence-electron chi connectivity index (χ4n) is 2.97. The summed E-state index contributed by atoms with van der Waals surface area (Å²) in [5.41, 5.74) is 3.27. The van der Waals surface area contributed by atoms with Gasteiger partial charge in [-0.05, 0) is 49.2 Å². The van der Waals surface area contributed by atoms with Crippen LogP contribution < -0.4 is 15.4 Å². The first kappa shape index (κ1) is 18.3. The van der Waals surface area contributed by atoms with Gasteiger partial charge in [-0.1, -0.05) is 30.3 Å². The number of carbonyl (C=O) groups is 1. The Bertz CT molecular complexity index is 691. The van der Waals surface area contributed by atoms with Crippen LogP contribution in [-0.2, 0) is 6.42 Å². The fraction of sp³-hybridized carbons (Fsp3) is 0.316. The first-order chi connectivity index (χ1) is 11.3. The van der Waals surface area contributed by atoms with Crippen LogP contribution >= 0.6 is 12.4 Å². The van der Waals surface area contributed by atoms with Gasteiger partial charge in [0.2, 0.25) is 0 Å². The predicted octanol–water partition coefficient (Wildman–Crippen LogP) is 3.12. The van der Waals surface area contributed by atoms with Crippen LogP contribution in [0.2, 0.25) is 0 Å². The van der Waals surface area contributed by atoms with Gasteiger partial charge in [0.05, 0.1) is 6.61 Å². The number of hydrogen-bond acceptors (Lipinski definition) is 3. The van der Waals surface area contributed by atoms with Crippen LogP contribution in [0.25, 0.3) is 0 Å². The normalized spacial score (nSPS) is 15.8. The number of hydrogen-bond donors (Lipinski definition) is 2. The lowest BCUT2D eigenvalue weighted by Gasteiger charge is -2.27. The summed E-state index contributed by atoms with van der Waals surface area (Å²) in [6, 6.07) is 15.9. The van der Waals surface area contributed by atoms with Crippen molar-refractivity contribution in [3.8, 4) is 5.75 Å². The highest BCUT2D eigenvalue weighted by Crippen LogP contribution is 2.22. The number of carbonyl (C=O) groups excluding carboxylic acids is 1. The Morgan fingerprint density at radius 2 is 2.08 bits per heavy atom. The molecule has 2 N–H and O–H groups in total. The number of fused-ring (bicyclic) bond motifs is 1. The van der Waals surface area contributed by atoms with Crippen molar-refractivity contribution >= 4 is 18.3 Å². The summed E-state index contributed by atoms with van der Waals surface area (Å²) in [4.78, 5) is 12.4. The summed E-state index contributed by atoms with van der Waals surface area (Å²) in [7, 11) is 0. The minimum atomic E-state index is -0.0728. The van der Waals surface area contributed by atoms with E-state index >= 15 is 0 Å². The van der Waals surface area contributed by atoms with E-state index in [0.29, 0.717) is 18.7 Å². The zero-order chi connectivity index (χ0) is 16.1. The van der Waals surface area contributed by atoms with Crippen molar-refractivity contribution in [1.29, 1.82) is 0 Å². The first-order valence-corrected chi connectivity index (χ1v) is 8.10. The standard InChI is InChI=1S/C19H22N2O2.ClH/c1-2-23-16-8-5-7-15(12-16)19(22)21-13-18-17-9-4-3-6-14(17)10-11-20-18;/h3-9,12,18,20H,2,10-11,13H2,1H3,(H,21,22);1H. The van der Waals surface area contributed by atoms with Gasteiger partial charge < -0.3 is 15.4 Å². The minimum absolute atomic E-state index is 0. The molecule has 3 rings (SSSR count). The van der Waals surface area contributed by atoms with E-state index in [1.54, 1.807) is 12.1 Å². The van der Waals surface area contributed by atoms with Gasteiger partial charge in [-0.2, -0.15) is 0 Å². The largest absolute Gasteiger partial charge is 0.494 e. The third kappa shape index (κ3) is 4.28. The SMILES string of the molecule is CCOc1cccc(C(=O)NCC2NCCc3ccccc32)c1.Cl. The van der Waals surface area contributed by atoms with Crippen LogP contribution in [0.1, 0.15) is 34.5 Å². The highest BCUT2D eigenvalue weighted by atomic mass is 35.5. The van der Waals surface area contributed by atoms with E-state index in [-0.39, 0.29) is 24.4 Å². The van der Waals surface area contributed by atoms with E-state index in [9.17, 15) is 4.79 Å². The third-order valence-electron chi connectivity index (χ3n) is 4.09. The number of nitrogens with one attached hydrogen (secondary N) is 2. The molecule has 0 radical (unpaired) electrons. The molecule has 1 aliphatic heterocycles. The average molecular weight is 347 g/mol. The molecule has 2 aromatic rings. The summed E-state index contributed by atoms with van der Waals surface area (Å²) < 4.78 is 5.45. The molecule has 1 aliphatic rings. The molecule has 1 heterocycles. The number of rotatable bonds is 5. The third-order valence-corrected chi connectivity index (χ3v) is 4.09. The van der Waals surface area contributed by atoms with Gasteiger partial charge in [0.15, 0.2) is 0 Å². The molecule has 4 nitrogen and oxygen atoms in total. The second kappa shape index (κ2) is 8.71. The monoisotopic (exact) mass is 346 g/mol. The van der Waals surface area contributed by atoms with Gasteiger partial charge in [0, 0.05) is 18.2 Å². The van der Waals surface area contributed by atoms with E-state index in [1.807, 2.05) is 25.1 Å². The number of benzene rings is 2. The van der Waals surface area contributed by atoms with Crippen LogP contribution in [-0.4, -0.2) is 25.6 Å². The first-order valence-electron chi connectivity index (χ1n) is 8.10. The quantitative estimate of drug-likeness (QED) is 0.874. The Hall–Kier alpha value is -2.04. The summed E-state index contributed by atoms with van der Waals surface area (Å²) >= 11 is 0. The smallest absolute Gasteiger partial charge is 0.251 e. The maximum Gasteiger partial charge on any atom is 0.251 e. The lowest BCUT2D eigenvalue weighted by atomic mass is 9.94. The molecule has 1 unspecified atom stereocenters. The van der Waals surface area contributed by atoms with Crippen molar-refractivity contribution in [2.75, 3.05) is 19.7 Å². The van der Waals surface area contributed by atoms with Gasteiger partial charge in [-0.15, -0.1) is 12.4 Å². The lowest BCUT2D eigenvalue weighted by molar-refractivity contribution is 0.0948. The molecule has 0 saturated carbocycles. The van der Waals surface area contributed by atoms with Crippen LogP contribution in [0.3, 0.4) is 0 Å². The van der Waals surface area contributed by atoms with Crippen LogP contribution in [0, 0.1) is 0 Å². The maximum atomic E-state index is 12.4. The van der Waals surface area contributed by atoms with E-state index in [1.165, 1.54) is 11.1 Å². The van der Waals surface area contributed by atoms with Crippen LogP contribution in [0.4, 0.5) is 0 Å². The minimum Gasteiger partial charge on any atom is -0.494 e. The second-order valence-electron chi connectivity index (χ2n) is 5.63. The Kier molecular flexibility index (Phi) is 6.64. The van der Waals surface area contributed by atoms with Gasteiger partial charge in [-0.3, -0.25) is 4.79 Å². The average Bonchev–Trinajstić information content (AvgIpc) is 2.60. The lowest BCUT2D eigenvalue weighted by Crippen LogP contribution is -2.38. The predicted molar refractivity (Wildman–Crippen MR) is 98.1 cm³/mol. The Labute approximate surface area is 149 Å². The van der Waals surface area contributed by atoms with E-state index < -0.39 is 0 Å². The number of amides is 1. The topological polar surface area (TPSA) is 50.4 Å². The molecule has 5 heteroatoms. The van der Waals surface area contributed by atoms with Gasteiger partial charge >= 0.3 is 0 Å². The van der Waals surface area contributed by atoms with Crippen LogP contribution in [0.5, 0.6) is 5.75 Å². The van der Waals surface area contributed by atoms with Crippen molar-refractivity contribution in [2.24, 2.45) is 0 Å². The zero-order valence-electron chi connectivity index (χ0n) is 13.7. The van der Waals surface area contributed by atoms with Crippen molar-refractivity contribution < 1.29 is 9.53 Å². The highest BCUT2D eigenvalue weighted by Gasteiger charge is 2.19. The van der Waals surface area contributed by atoms with Crippen molar-refractivity contribution in [1.82, 2.24) is 10.6 Å². The molecule has 0 spiro atoms. The van der Waals surface area contributed by atoms with Crippen LogP contribution in [0.15, 0.2) is 48.5 Å².